The number of carbonyl (C=O) groups is 1. The maximum atomic E-state index is 13.1. The van der Waals surface area contributed by atoms with Crippen LogP contribution in [0.25, 0.3) is 16.9 Å². The Labute approximate surface area is 244 Å². The molecule has 1 aromatic heterocycles. The molecule has 2 aromatic carbocycles. The third-order valence-corrected chi connectivity index (χ3v) is 6.00. The van der Waals surface area contributed by atoms with E-state index in [4.69, 9.17) is 34.8 Å². The molecule has 1 N–H and O–H groups in total. The lowest BCUT2D eigenvalue weighted by Gasteiger charge is -2.26. The monoisotopic (exact) mass is 618 g/mol. The van der Waals surface area contributed by atoms with Crippen LogP contribution in [0.5, 0.6) is 0 Å². The third kappa shape index (κ3) is 10.1. The molecule has 1 fully saturated rings. The quantitative estimate of drug-likeness (QED) is 0.392. The predicted molar refractivity (Wildman–Crippen MR) is 162 cm³/mol. The van der Waals surface area contributed by atoms with Crippen LogP contribution in [0.3, 0.4) is 0 Å². The highest BCUT2D eigenvalue weighted by molar-refractivity contribution is 7.83. The smallest absolute Gasteiger partial charge is 0.283 e. The molecule has 0 radical (unpaired) electrons. The van der Waals surface area contributed by atoms with Crippen molar-refractivity contribution >= 4 is 62.3 Å². The van der Waals surface area contributed by atoms with Gasteiger partial charge in [0, 0.05) is 80.9 Å². The molecule has 3 aromatic rings. The number of benzene rings is 2. The van der Waals surface area contributed by atoms with Crippen LogP contribution in [0.4, 0.5) is 0 Å². The molecule has 0 unspecified atom stereocenters. The van der Waals surface area contributed by atoms with Crippen LogP contribution in [0.2, 0.25) is 15.1 Å². The van der Waals surface area contributed by atoms with Crippen LogP contribution >= 0.6 is 34.8 Å². The average molecular weight is 620 g/mol. The van der Waals surface area contributed by atoms with Crippen LogP contribution in [0.1, 0.15) is 35.3 Å². The highest BCUT2D eigenvalue weighted by Crippen LogP contribution is 2.33. The Morgan fingerprint density at radius 3 is 1.92 bits per heavy atom. The normalized spacial score (nSPS) is 13.4. The van der Waals surface area contributed by atoms with Gasteiger partial charge in [-0.1, -0.05) is 53.4 Å². The lowest BCUT2D eigenvalue weighted by atomic mass is 10.1. The fourth-order valence-corrected chi connectivity index (χ4v) is 4.30. The van der Waals surface area contributed by atoms with Crippen molar-refractivity contribution in [1.29, 1.82) is 0 Å². The van der Waals surface area contributed by atoms with E-state index in [2.05, 4.69) is 10.5 Å². The first-order valence-corrected chi connectivity index (χ1v) is 16.8. The number of hydrogen-bond acceptors (Lipinski definition) is 5. The van der Waals surface area contributed by atoms with Gasteiger partial charge >= 0.3 is 0 Å². The van der Waals surface area contributed by atoms with Crippen LogP contribution in [0, 0.1) is 6.92 Å². The molecule has 7 nitrogen and oxygen atoms in total. The van der Waals surface area contributed by atoms with Gasteiger partial charge in [-0.3, -0.25) is 18.6 Å². The summed E-state index contributed by atoms with van der Waals surface area (Å²) < 4.78 is 20.8. The number of halogens is 3. The molecular weight excluding hydrogens is 587 g/mol. The summed E-state index contributed by atoms with van der Waals surface area (Å²) in [6.45, 7) is 3.58. The fraction of sp³-hybridized carbons (Fsp3) is 0.385. The fourth-order valence-electron chi connectivity index (χ4n) is 3.69. The maximum absolute atomic E-state index is 13.1. The second-order valence-electron chi connectivity index (χ2n) is 8.81. The molecule has 1 amide bonds. The van der Waals surface area contributed by atoms with Gasteiger partial charge < -0.3 is 0 Å². The first-order valence-electron chi connectivity index (χ1n) is 11.8. The number of hydrazine groups is 1. The zero-order chi connectivity index (χ0) is 28.4. The van der Waals surface area contributed by atoms with Gasteiger partial charge in [-0.05, 0) is 50.1 Å². The molecule has 1 aliphatic heterocycles. The molecule has 0 saturated carbocycles. The van der Waals surface area contributed by atoms with E-state index in [1.165, 1.54) is 6.42 Å². The Hall–Kier alpha value is -1.75. The molecule has 12 heteroatoms. The first-order chi connectivity index (χ1) is 17.9. The first kappa shape index (κ1) is 32.5. The summed E-state index contributed by atoms with van der Waals surface area (Å²) in [7, 11) is -1.22. The Kier molecular flexibility index (Phi) is 13.4. The Balaban J connectivity index is 0.000000559. The summed E-state index contributed by atoms with van der Waals surface area (Å²) in [5, 5.41) is 8.22. The predicted octanol–water partition coefficient (Wildman–Crippen LogP) is 5.93. The number of nitrogens with one attached hydrogen (secondary N) is 1. The minimum atomic E-state index is -0.611. The number of hydrogen-bond donors (Lipinski definition) is 1. The van der Waals surface area contributed by atoms with Gasteiger partial charge in [0.05, 0.1) is 16.4 Å². The third-order valence-electron chi connectivity index (χ3n) is 5.21. The van der Waals surface area contributed by atoms with Crippen molar-refractivity contribution in [3.63, 3.8) is 0 Å². The van der Waals surface area contributed by atoms with E-state index in [0.29, 0.717) is 26.4 Å². The topological polar surface area (TPSA) is 84.3 Å². The van der Waals surface area contributed by atoms with E-state index in [1.807, 2.05) is 36.2 Å². The molecule has 0 spiro atoms. The molecule has 0 bridgehead atoms. The second-order valence-corrected chi connectivity index (χ2v) is 13.1. The van der Waals surface area contributed by atoms with Crippen molar-refractivity contribution in [2.75, 3.05) is 38.1 Å². The minimum absolute atomic E-state index is 0.228. The number of rotatable bonds is 4. The van der Waals surface area contributed by atoms with Crippen LogP contribution < -0.4 is 5.43 Å². The molecule has 1 aliphatic rings. The standard InChI is InChI=1S/C22H21Cl3N4O.2C2H6OS/c1-14-20(22(30)27-28-11-3-2-4-12-28)26-29(19-10-9-17(24)13-18(19)25)21(14)15-5-7-16(23)8-6-15;2*1-4(2)3/h5-10,13H,2-4,11-12H2,1H3,(H,27,30);2*1-2H3. The Bertz CT molecular complexity index is 1260. The molecule has 0 atom stereocenters. The van der Waals surface area contributed by atoms with Crippen LogP contribution in [-0.4, -0.2) is 67.2 Å². The van der Waals surface area contributed by atoms with Crippen molar-refractivity contribution in [2.45, 2.75) is 26.2 Å². The van der Waals surface area contributed by atoms with Gasteiger partial charge in [0.15, 0.2) is 5.69 Å². The van der Waals surface area contributed by atoms with Gasteiger partial charge in [0.2, 0.25) is 0 Å². The van der Waals surface area contributed by atoms with Crippen molar-refractivity contribution < 1.29 is 13.2 Å². The zero-order valence-corrected chi connectivity index (χ0v) is 26.0. The Morgan fingerprint density at radius 2 is 1.39 bits per heavy atom. The molecule has 2 heterocycles. The zero-order valence-electron chi connectivity index (χ0n) is 22.1. The molecule has 4 rings (SSSR count). The Morgan fingerprint density at radius 1 is 0.868 bits per heavy atom. The van der Waals surface area contributed by atoms with E-state index < -0.39 is 21.6 Å². The summed E-state index contributed by atoms with van der Waals surface area (Å²) in [4.78, 5) is 13.1. The van der Waals surface area contributed by atoms with E-state index in [-0.39, 0.29) is 5.91 Å². The summed E-state index contributed by atoms with van der Waals surface area (Å²) in [6.07, 6.45) is 9.89. The van der Waals surface area contributed by atoms with Gasteiger partial charge in [0.25, 0.3) is 5.91 Å². The summed E-state index contributed by atoms with van der Waals surface area (Å²) in [6, 6.07) is 12.6. The van der Waals surface area contributed by atoms with Crippen molar-refractivity contribution in [1.82, 2.24) is 20.2 Å². The molecule has 208 valence electrons. The second kappa shape index (κ2) is 15.7. The van der Waals surface area contributed by atoms with Gasteiger partial charge in [-0.2, -0.15) is 5.10 Å². The number of nitrogens with zero attached hydrogens (tertiary/aromatic N) is 3. The van der Waals surface area contributed by atoms with Gasteiger partial charge in [-0.15, -0.1) is 0 Å². The molecule has 38 heavy (non-hydrogen) atoms. The summed E-state index contributed by atoms with van der Waals surface area (Å²) in [5.74, 6) is -0.228. The van der Waals surface area contributed by atoms with E-state index in [0.717, 1.165) is 42.8 Å². The SMILES string of the molecule is CS(C)=O.CS(C)=O.Cc1c(C(=O)NN2CCCCC2)nn(-c2ccc(Cl)cc2Cl)c1-c1ccc(Cl)cc1. The van der Waals surface area contributed by atoms with E-state index >= 15 is 0 Å². The maximum Gasteiger partial charge on any atom is 0.286 e. The largest absolute Gasteiger partial charge is 0.286 e. The number of amides is 1. The molecule has 0 aliphatic carbocycles. The minimum Gasteiger partial charge on any atom is -0.283 e. The van der Waals surface area contributed by atoms with Crippen LogP contribution in [-0.2, 0) is 21.6 Å². The van der Waals surface area contributed by atoms with Crippen molar-refractivity contribution in [3.05, 3.63) is 68.8 Å². The number of piperidine rings is 1. The average Bonchev–Trinajstić information content (AvgIpc) is 3.16. The highest BCUT2D eigenvalue weighted by Gasteiger charge is 2.24. The van der Waals surface area contributed by atoms with Gasteiger partial charge in [-0.25, -0.2) is 9.69 Å². The highest BCUT2D eigenvalue weighted by atomic mass is 35.5. The van der Waals surface area contributed by atoms with Crippen molar-refractivity contribution in [3.8, 4) is 16.9 Å². The van der Waals surface area contributed by atoms with Crippen molar-refractivity contribution in [2.24, 2.45) is 0 Å². The number of aromatic nitrogens is 2. The summed E-state index contributed by atoms with van der Waals surface area (Å²) in [5.41, 5.74) is 6.42. The van der Waals surface area contributed by atoms with E-state index in [1.54, 1.807) is 47.9 Å². The number of carbonyl (C=O) groups excluding carboxylic acids is 1. The molecular formula is C26H33Cl3N4O3S2. The van der Waals surface area contributed by atoms with Crippen LogP contribution in [0.15, 0.2) is 42.5 Å². The molecule has 1 saturated heterocycles. The summed E-state index contributed by atoms with van der Waals surface area (Å²) >= 11 is 18.6. The van der Waals surface area contributed by atoms with Gasteiger partial charge in [0.1, 0.15) is 0 Å². The van der Waals surface area contributed by atoms with E-state index in [9.17, 15) is 13.2 Å². The lowest BCUT2D eigenvalue weighted by Crippen LogP contribution is -2.45. The lowest BCUT2D eigenvalue weighted by molar-refractivity contribution is 0.0743.